The Labute approximate surface area is 304 Å². The van der Waals surface area contributed by atoms with Gasteiger partial charge >= 0.3 is 5.97 Å². The van der Waals surface area contributed by atoms with Gasteiger partial charge in [0.2, 0.25) is 0 Å². The number of carbonyl (C=O) groups excluding carboxylic acids is 1. The van der Waals surface area contributed by atoms with Gasteiger partial charge in [0.25, 0.3) is 0 Å². The summed E-state index contributed by atoms with van der Waals surface area (Å²) in [5.41, 5.74) is 2.13. The van der Waals surface area contributed by atoms with Gasteiger partial charge in [0, 0.05) is 6.42 Å². The first-order valence-electron chi connectivity index (χ1n) is 21.0. The second kappa shape index (κ2) is 17.4. The van der Waals surface area contributed by atoms with Crippen LogP contribution in [-0.4, -0.2) is 64.7 Å². The summed E-state index contributed by atoms with van der Waals surface area (Å²) in [7, 11) is 0. The molecule has 0 amide bonds. The molecule has 4 fully saturated rings. The van der Waals surface area contributed by atoms with Crippen molar-refractivity contribution in [1.29, 1.82) is 0 Å². The highest BCUT2D eigenvalue weighted by Crippen LogP contribution is 2.67. The first-order valence-corrected chi connectivity index (χ1v) is 21.0. The van der Waals surface area contributed by atoms with Crippen molar-refractivity contribution >= 4 is 5.97 Å². The van der Waals surface area contributed by atoms with Crippen molar-refractivity contribution in [3.63, 3.8) is 0 Å². The normalized spacial score (nSPS) is 41.1. The summed E-state index contributed by atoms with van der Waals surface area (Å²) in [4.78, 5) is 12.4. The fraction of sp³-hybridized carbons (Fsp3) is 0.930. The van der Waals surface area contributed by atoms with Gasteiger partial charge in [-0.15, -0.1) is 0 Å². The molecular weight excluding hydrogens is 628 g/mol. The van der Waals surface area contributed by atoms with E-state index in [9.17, 15) is 20.1 Å². The van der Waals surface area contributed by atoms with Crippen LogP contribution in [0.25, 0.3) is 0 Å². The monoisotopic (exact) mass is 703 g/mol. The molecule has 1 aliphatic heterocycles. The van der Waals surface area contributed by atoms with E-state index in [0.717, 1.165) is 80.5 Å². The fourth-order valence-corrected chi connectivity index (χ4v) is 11.4. The Kier molecular flexibility index (Phi) is 14.0. The maximum Gasteiger partial charge on any atom is 0.305 e. The van der Waals surface area contributed by atoms with Crippen LogP contribution in [0.2, 0.25) is 0 Å². The van der Waals surface area contributed by atoms with E-state index in [1.54, 1.807) is 0 Å². The molecule has 5 aliphatic rings. The minimum Gasteiger partial charge on any atom is -0.463 e. The van der Waals surface area contributed by atoms with Crippen molar-refractivity contribution in [2.75, 3.05) is 6.61 Å². The van der Waals surface area contributed by atoms with Crippen LogP contribution in [0.4, 0.5) is 0 Å². The van der Waals surface area contributed by atoms with Gasteiger partial charge in [-0.05, 0) is 110 Å². The lowest BCUT2D eigenvalue weighted by Gasteiger charge is -2.58. The third kappa shape index (κ3) is 8.69. The molecule has 0 spiro atoms. The highest BCUT2D eigenvalue weighted by atomic mass is 16.7. The lowest BCUT2D eigenvalue weighted by Crippen LogP contribution is -2.60. The van der Waals surface area contributed by atoms with Crippen LogP contribution in [-0.2, 0) is 19.0 Å². The number of rotatable bonds is 16. The van der Waals surface area contributed by atoms with Crippen LogP contribution in [0.3, 0.4) is 0 Å². The standard InChI is InChI=1S/C43H74O7/c1-8-9-10-11-12-13-14-37(44)48-26-36-38(45)39(46)40(47)41(50-36)49-31-21-23-42(6)30(25-31)17-18-32-34-20-19-33(43(34,7)24-22-35(32)42)29(5)16-15-28(4)27(2)3/h17,27-29,31-36,38-41,45-47H,8-16,18-26H2,1-7H3. The van der Waals surface area contributed by atoms with Crippen molar-refractivity contribution in [3.8, 4) is 0 Å². The molecule has 0 aromatic rings. The maximum absolute atomic E-state index is 12.4. The summed E-state index contributed by atoms with van der Waals surface area (Å²) in [5.74, 6) is 5.17. The van der Waals surface area contributed by atoms with Gasteiger partial charge in [-0.2, -0.15) is 0 Å². The molecule has 5 rings (SSSR count). The van der Waals surface area contributed by atoms with E-state index >= 15 is 0 Å². The Balaban J connectivity index is 1.14. The highest BCUT2D eigenvalue weighted by Gasteiger charge is 2.59. The lowest BCUT2D eigenvalue weighted by molar-refractivity contribution is -0.313. The summed E-state index contributed by atoms with van der Waals surface area (Å²) in [6, 6.07) is 0. The van der Waals surface area contributed by atoms with Crippen LogP contribution in [0, 0.1) is 52.3 Å². The molecule has 3 N–H and O–H groups in total. The summed E-state index contributed by atoms with van der Waals surface area (Å²) in [5, 5.41) is 32.2. The van der Waals surface area contributed by atoms with Crippen molar-refractivity contribution in [1.82, 2.24) is 0 Å². The number of esters is 1. The Morgan fingerprint density at radius 3 is 2.38 bits per heavy atom. The highest BCUT2D eigenvalue weighted by molar-refractivity contribution is 5.69. The number of ether oxygens (including phenoxy) is 3. The van der Waals surface area contributed by atoms with Crippen molar-refractivity contribution in [2.24, 2.45) is 52.3 Å². The van der Waals surface area contributed by atoms with Crippen molar-refractivity contribution < 1.29 is 34.3 Å². The minimum absolute atomic E-state index is 0.136. The van der Waals surface area contributed by atoms with Gasteiger partial charge in [-0.25, -0.2) is 0 Å². The Morgan fingerprint density at radius 2 is 1.64 bits per heavy atom. The van der Waals surface area contributed by atoms with Gasteiger partial charge in [-0.1, -0.05) is 105 Å². The summed E-state index contributed by atoms with van der Waals surface area (Å²) in [6.07, 6.45) is 15.1. The largest absolute Gasteiger partial charge is 0.463 e. The third-order valence-electron chi connectivity index (χ3n) is 15.2. The molecule has 0 radical (unpaired) electrons. The number of hydrogen-bond donors (Lipinski definition) is 3. The number of aliphatic hydroxyl groups excluding tert-OH is 3. The number of fused-ring (bicyclic) bond motifs is 5. The average molecular weight is 703 g/mol. The first-order chi connectivity index (χ1) is 23.8. The SMILES string of the molecule is CCCCCCCCC(=O)OCC1OC(OC2CCC3(C)C(=CCC4C3CCC3(C)C(C(C)CCC(C)C(C)C)CCC43)C2)C(O)C(O)C1O. The van der Waals surface area contributed by atoms with Crippen LogP contribution >= 0.6 is 0 Å². The van der Waals surface area contributed by atoms with Crippen molar-refractivity contribution in [3.05, 3.63) is 11.6 Å². The van der Waals surface area contributed by atoms with Gasteiger partial charge in [-0.3, -0.25) is 4.79 Å². The Bertz CT molecular complexity index is 1120. The van der Waals surface area contributed by atoms with Crippen LogP contribution in [0.5, 0.6) is 0 Å². The quantitative estimate of drug-likeness (QED) is 0.0839. The van der Waals surface area contributed by atoms with Gasteiger partial charge in [0.05, 0.1) is 6.10 Å². The Hall–Kier alpha value is -0.990. The molecule has 0 bridgehead atoms. The second-order valence-corrected chi connectivity index (χ2v) is 18.5. The fourth-order valence-electron chi connectivity index (χ4n) is 11.4. The molecule has 14 atom stereocenters. The van der Waals surface area contributed by atoms with Crippen LogP contribution in [0.1, 0.15) is 158 Å². The number of allylic oxidation sites excluding steroid dienone is 1. The minimum atomic E-state index is -1.44. The molecule has 0 aromatic heterocycles. The molecule has 7 nitrogen and oxygen atoms in total. The van der Waals surface area contributed by atoms with Gasteiger partial charge in [0.15, 0.2) is 6.29 Å². The van der Waals surface area contributed by atoms with E-state index in [4.69, 9.17) is 14.2 Å². The van der Waals surface area contributed by atoms with Gasteiger partial charge in [0.1, 0.15) is 31.0 Å². The van der Waals surface area contributed by atoms with E-state index in [1.807, 2.05) is 0 Å². The average Bonchev–Trinajstić information content (AvgIpc) is 3.45. The van der Waals surface area contributed by atoms with E-state index in [1.165, 1.54) is 63.4 Å². The zero-order valence-electron chi connectivity index (χ0n) is 32.8. The predicted molar refractivity (Wildman–Crippen MR) is 198 cm³/mol. The maximum atomic E-state index is 12.4. The third-order valence-corrected chi connectivity index (χ3v) is 15.2. The van der Waals surface area contributed by atoms with E-state index in [-0.39, 0.29) is 24.1 Å². The number of hydrogen-bond acceptors (Lipinski definition) is 7. The smallest absolute Gasteiger partial charge is 0.305 e. The van der Waals surface area contributed by atoms with E-state index in [0.29, 0.717) is 17.8 Å². The van der Waals surface area contributed by atoms with E-state index < -0.39 is 30.7 Å². The second-order valence-electron chi connectivity index (χ2n) is 18.5. The van der Waals surface area contributed by atoms with Crippen molar-refractivity contribution in [2.45, 2.75) is 194 Å². The summed E-state index contributed by atoms with van der Waals surface area (Å²) < 4.78 is 17.8. The molecule has 1 heterocycles. The lowest BCUT2D eigenvalue weighted by atomic mass is 9.47. The molecule has 7 heteroatoms. The molecule has 0 aromatic carbocycles. The molecule has 288 valence electrons. The number of carbonyl (C=O) groups is 1. The zero-order valence-corrected chi connectivity index (χ0v) is 32.8. The molecular formula is C43H74O7. The summed E-state index contributed by atoms with van der Waals surface area (Å²) >= 11 is 0. The summed E-state index contributed by atoms with van der Waals surface area (Å²) in [6.45, 7) is 16.9. The number of aliphatic hydroxyl groups is 3. The molecule has 14 unspecified atom stereocenters. The molecule has 4 aliphatic carbocycles. The molecule has 1 saturated heterocycles. The Morgan fingerprint density at radius 1 is 0.900 bits per heavy atom. The first kappa shape index (κ1) is 40.2. The molecule has 3 saturated carbocycles. The topological polar surface area (TPSA) is 105 Å². The van der Waals surface area contributed by atoms with Gasteiger partial charge < -0.3 is 29.5 Å². The predicted octanol–water partition coefficient (Wildman–Crippen LogP) is 8.76. The van der Waals surface area contributed by atoms with E-state index in [2.05, 4.69) is 54.5 Å². The van der Waals surface area contributed by atoms with Crippen LogP contribution < -0.4 is 0 Å². The molecule has 50 heavy (non-hydrogen) atoms. The zero-order chi connectivity index (χ0) is 36.2. The number of unbranched alkanes of at least 4 members (excludes halogenated alkanes) is 5. The van der Waals surface area contributed by atoms with Crippen LogP contribution in [0.15, 0.2) is 11.6 Å².